The predicted molar refractivity (Wildman–Crippen MR) is 44.6 cm³/mol. The lowest BCUT2D eigenvalue weighted by molar-refractivity contribution is 0.272. The first-order valence-corrected chi connectivity index (χ1v) is 7.07. The van der Waals surface area contributed by atoms with Crippen molar-refractivity contribution in [3.63, 3.8) is 0 Å². The lowest BCUT2D eigenvalue weighted by Gasteiger charge is -2.19. The van der Waals surface area contributed by atoms with Crippen molar-refractivity contribution in [3.8, 4) is 6.07 Å². The Labute approximate surface area is 67.9 Å². The van der Waals surface area contributed by atoms with E-state index in [2.05, 4.69) is 0 Å². The molecule has 1 unspecified atom stereocenters. The van der Waals surface area contributed by atoms with Crippen LogP contribution in [0, 0.1) is 11.3 Å². The average molecular weight is 178 g/mol. The third-order valence-electron chi connectivity index (χ3n) is 0.780. The zero-order valence-corrected chi connectivity index (χ0v) is 8.27. The maximum Gasteiger partial charge on any atom is 0.185 e. The van der Waals surface area contributed by atoms with Crippen LogP contribution in [-0.2, 0) is 4.43 Å². The lowest BCUT2D eigenvalue weighted by Crippen LogP contribution is -2.32. The molecule has 0 saturated heterocycles. The summed E-state index contributed by atoms with van der Waals surface area (Å²) in [6, 6.07) is 1.99. The number of alkyl halides is 1. The summed E-state index contributed by atoms with van der Waals surface area (Å²) in [7, 11) is -1.57. The van der Waals surface area contributed by atoms with Crippen LogP contribution in [0.4, 0.5) is 0 Å². The van der Waals surface area contributed by atoms with Gasteiger partial charge in [-0.05, 0) is 19.6 Å². The summed E-state index contributed by atoms with van der Waals surface area (Å²) in [5.41, 5.74) is 0. The first-order chi connectivity index (χ1) is 4.49. The predicted octanol–water partition coefficient (Wildman–Crippen LogP) is 1.97. The van der Waals surface area contributed by atoms with E-state index in [1.807, 2.05) is 25.7 Å². The minimum absolute atomic E-state index is 0.265. The minimum Gasteiger partial charge on any atom is -0.401 e. The van der Waals surface area contributed by atoms with Gasteiger partial charge < -0.3 is 4.43 Å². The summed E-state index contributed by atoms with van der Waals surface area (Å²) < 4.78 is 5.38. The summed E-state index contributed by atoms with van der Waals surface area (Å²) >= 11 is 5.45. The van der Waals surface area contributed by atoms with E-state index in [9.17, 15) is 0 Å². The van der Waals surface area contributed by atoms with Gasteiger partial charge in [-0.3, -0.25) is 0 Å². The largest absolute Gasteiger partial charge is 0.401 e. The van der Waals surface area contributed by atoms with E-state index < -0.39 is 14.4 Å². The molecule has 1 atom stereocenters. The van der Waals surface area contributed by atoms with Crippen LogP contribution in [0.2, 0.25) is 19.6 Å². The van der Waals surface area contributed by atoms with Crippen molar-refractivity contribution >= 4 is 19.9 Å². The molecular weight excluding hydrogens is 166 g/mol. The summed E-state index contributed by atoms with van der Waals surface area (Å²) in [4.78, 5) is 0. The summed E-state index contributed by atoms with van der Waals surface area (Å²) in [6.07, 6.45) is -0.423. The van der Waals surface area contributed by atoms with E-state index >= 15 is 0 Å². The Morgan fingerprint density at radius 3 is 2.20 bits per heavy atom. The SMILES string of the molecule is C[Si](C)(C)OC(C#N)CCl. The molecule has 10 heavy (non-hydrogen) atoms. The quantitative estimate of drug-likeness (QED) is 0.488. The molecule has 0 amide bonds. The highest BCUT2D eigenvalue weighted by molar-refractivity contribution is 6.69. The first kappa shape index (κ1) is 9.96. The van der Waals surface area contributed by atoms with E-state index in [1.54, 1.807) is 0 Å². The number of hydrogen-bond donors (Lipinski definition) is 0. The van der Waals surface area contributed by atoms with Crippen LogP contribution in [0.1, 0.15) is 0 Å². The van der Waals surface area contributed by atoms with E-state index in [0.717, 1.165) is 0 Å². The van der Waals surface area contributed by atoms with E-state index in [1.165, 1.54) is 0 Å². The molecule has 0 spiro atoms. The summed E-state index contributed by atoms with van der Waals surface area (Å²) in [6.45, 7) is 6.09. The van der Waals surface area contributed by atoms with Gasteiger partial charge in [0.25, 0.3) is 0 Å². The summed E-state index contributed by atoms with van der Waals surface area (Å²) in [5, 5.41) is 8.45. The van der Waals surface area contributed by atoms with E-state index in [-0.39, 0.29) is 5.88 Å². The Morgan fingerprint density at radius 1 is 1.60 bits per heavy atom. The van der Waals surface area contributed by atoms with Gasteiger partial charge in [0.15, 0.2) is 8.32 Å². The molecule has 0 aromatic carbocycles. The van der Waals surface area contributed by atoms with Crippen molar-refractivity contribution in [2.75, 3.05) is 5.88 Å². The second kappa shape index (κ2) is 3.97. The molecular formula is C6H12ClNOSi. The van der Waals surface area contributed by atoms with Crippen molar-refractivity contribution in [3.05, 3.63) is 0 Å². The second-order valence-corrected chi connectivity index (χ2v) is 7.77. The number of hydrogen-bond acceptors (Lipinski definition) is 2. The number of nitriles is 1. The van der Waals surface area contributed by atoms with Crippen molar-refractivity contribution < 1.29 is 4.43 Å². The molecule has 4 heteroatoms. The van der Waals surface area contributed by atoms with Gasteiger partial charge in [-0.1, -0.05) is 0 Å². The third kappa shape index (κ3) is 4.80. The van der Waals surface area contributed by atoms with Gasteiger partial charge in [-0.15, -0.1) is 11.6 Å². The molecule has 0 rings (SSSR count). The topological polar surface area (TPSA) is 33.0 Å². The van der Waals surface area contributed by atoms with Crippen LogP contribution in [0.3, 0.4) is 0 Å². The molecule has 0 aliphatic carbocycles. The van der Waals surface area contributed by atoms with Crippen LogP contribution in [0.15, 0.2) is 0 Å². The lowest BCUT2D eigenvalue weighted by atomic mass is 10.5. The molecule has 0 aromatic rings. The smallest absolute Gasteiger partial charge is 0.185 e. The fourth-order valence-corrected chi connectivity index (χ4v) is 1.75. The minimum atomic E-state index is -1.57. The zero-order chi connectivity index (χ0) is 8.20. The first-order valence-electron chi connectivity index (χ1n) is 3.13. The van der Waals surface area contributed by atoms with Crippen molar-refractivity contribution in [2.45, 2.75) is 25.7 Å². The van der Waals surface area contributed by atoms with Crippen LogP contribution < -0.4 is 0 Å². The molecule has 0 N–H and O–H groups in total. The maximum atomic E-state index is 8.45. The second-order valence-electron chi connectivity index (χ2n) is 3.00. The Hall–Kier alpha value is -0.0431. The Balaban J connectivity index is 3.78. The summed E-state index contributed by atoms with van der Waals surface area (Å²) in [5.74, 6) is 0.265. The van der Waals surface area contributed by atoms with Crippen LogP contribution in [0.5, 0.6) is 0 Å². The van der Waals surface area contributed by atoms with Crippen molar-refractivity contribution in [1.29, 1.82) is 5.26 Å². The highest BCUT2D eigenvalue weighted by Crippen LogP contribution is 2.07. The Morgan fingerprint density at radius 2 is 2.10 bits per heavy atom. The monoisotopic (exact) mass is 177 g/mol. The molecule has 2 nitrogen and oxygen atoms in total. The fourth-order valence-electron chi connectivity index (χ4n) is 0.519. The van der Waals surface area contributed by atoms with Gasteiger partial charge in [0.1, 0.15) is 6.10 Å². The van der Waals surface area contributed by atoms with Crippen molar-refractivity contribution in [2.24, 2.45) is 0 Å². The van der Waals surface area contributed by atoms with E-state index in [4.69, 9.17) is 21.3 Å². The average Bonchev–Trinajstić information content (AvgIpc) is 1.81. The number of nitrogens with zero attached hydrogens (tertiary/aromatic N) is 1. The van der Waals surface area contributed by atoms with Gasteiger partial charge in [0, 0.05) is 0 Å². The fraction of sp³-hybridized carbons (Fsp3) is 0.833. The molecule has 0 heterocycles. The molecule has 0 aliphatic heterocycles. The van der Waals surface area contributed by atoms with Crippen molar-refractivity contribution in [1.82, 2.24) is 0 Å². The maximum absolute atomic E-state index is 8.45. The highest BCUT2D eigenvalue weighted by atomic mass is 35.5. The molecule has 0 radical (unpaired) electrons. The molecule has 58 valence electrons. The zero-order valence-electron chi connectivity index (χ0n) is 6.52. The normalized spacial score (nSPS) is 14.3. The Kier molecular flexibility index (Phi) is 3.95. The van der Waals surface area contributed by atoms with Gasteiger partial charge in [-0.2, -0.15) is 5.26 Å². The van der Waals surface area contributed by atoms with E-state index in [0.29, 0.717) is 0 Å². The van der Waals surface area contributed by atoms with Crippen LogP contribution in [-0.4, -0.2) is 20.3 Å². The van der Waals surface area contributed by atoms with Crippen LogP contribution in [0.25, 0.3) is 0 Å². The molecule has 0 saturated carbocycles. The van der Waals surface area contributed by atoms with Gasteiger partial charge in [0.2, 0.25) is 0 Å². The third-order valence-corrected chi connectivity index (χ3v) is 2.05. The molecule has 0 aliphatic rings. The molecule has 0 fully saturated rings. The van der Waals surface area contributed by atoms with Gasteiger partial charge in [-0.25, -0.2) is 0 Å². The highest BCUT2D eigenvalue weighted by Gasteiger charge is 2.19. The Bertz CT molecular complexity index is 138. The number of rotatable bonds is 3. The number of halogens is 1. The standard InChI is InChI=1S/C6H12ClNOSi/c1-10(2,3)9-6(4-7)5-8/h6H,4H2,1-3H3. The van der Waals surface area contributed by atoms with Gasteiger partial charge in [0.05, 0.1) is 11.9 Å². The van der Waals surface area contributed by atoms with Gasteiger partial charge >= 0.3 is 0 Å². The van der Waals surface area contributed by atoms with Crippen LogP contribution >= 0.6 is 11.6 Å². The molecule has 0 bridgehead atoms. The molecule has 0 aromatic heterocycles.